The highest BCUT2D eigenvalue weighted by Crippen LogP contribution is 2.55. The minimum Gasteiger partial charge on any atom is -0.453 e. The van der Waals surface area contributed by atoms with Crippen molar-refractivity contribution in [1.82, 2.24) is 41.0 Å². The summed E-state index contributed by atoms with van der Waals surface area (Å²) in [6.07, 6.45) is 11.2. The summed E-state index contributed by atoms with van der Waals surface area (Å²) in [6, 6.07) is 18.4. The van der Waals surface area contributed by atoms with Gasteiger partial charge < -0.3 is 45.5 Å². The summed E-state index contributed by atoms with van der Waals surface area (Å²) >= 11 is 0. The number of fused-ring (bicyclic) bond motifs is 3. The van der Waals surface area contributed by atoms with Crippen LogP contribution < -0.4 is 21.3 Å². The van der Waals surface area contributed by atoms with Crippen LogP contribution in [0.4, 0.5) is 9.59 Å². The number of rotatable bonds is 11. The SMILES string of the molecule is COC(=O)N[C@H](C(=O)N1CCC[C@H]1c1nc2ccc(-c3ccc(-c4ccc(C5=CNC([C@@H]6CCCN6C(=O)[C@@H](NC(=O)OC)C(C)C)N5)cc4)c4c3CCC43CCCC3)cc2[nH]1)C(C)C. The Kier molecular flexibility index (Phi) is 12.3. The second kappa shape index (κ2) is 18.1. The molecule has 344 valence electrons. The fourth-order valence-electron chi connectivity index (χ4n) is 11.5. The number of aromatic nitrogens is 2. The summed E-state index contributed by atoms with van der Waals surface area (Å²) in [5.74, 6) is 0.379. The van der Waals surface area contributed by atoms with Gasteiger partial charge in [0.15, 0.2) is 0 Å². The summed E-state index contributed by atoms with van der Waals surface area (Å²) in [4.78, 5) is 64.2. The molecule has 1 saturated carbocycles. The van der Waals surface area contributed by atoms with E-state index in [-0.39, 0.29) is 47.3 Å². The molecule has 2 aliphatic carbocycles. The molecule has 4 heterocycles. The number of hydrogen-bond donors (Lipinski definition) is 5. The van der Waals surface area contributed by atoms with Crippen molar-refractivity contribution in [2.75, 3.05) is 27.3 Å². The van der Waals surface area contributed by atoms with Gasteiger partial charge in [-0.3, -0.25) is 9.59 Å². The third-order valence-corrected chi connectivity index (χ3v) is 14.9. The molecule has 9 rings (SSSR count). The van der Waals surface area contributed by atoms with Crippen LogP contribution in [-0.4, -0.2) is 95.4 Å². The molecule has 5 aliphatic rings. The van der Waals surface area contributed by atoms with E-state index in [4.69, 9.17) is 14.5 Å². The van der Waals surface area contributed by atoms with Gasteiger partial charge in [-0.1, -0.05) is 83.0 Å². The number of nitrogens with one attached hydrogen (secondary N) is 5. The number of alkyl carbamates (subject to hydrolysis) is 2. The normalized spacial score (nSPS) is 21.9. The van der Waals surface area contributed by atoms with Gasteiger partial charge in [-0.25, -0.2) is 14.6 Å². The molecule has 4 amide bonds. The molecule has 14 nitrogen and oxygen atoms in total. The first-order valence-corrected chi connectivity index (χ1v) is 23.7. The number of likely N-dealkylation sites (tertiary alicyclic amines) is 2. The van der Waals surface area contributed by atoms with Crippen LogP contribution >= 0.6 is 0 Å². The Labute approximate surface area is 381 Å². The summed E-state index contributed by atoms with van der Waals surface area (Å²) < 4.78 is 9.64. The largest absolute Gasteiger partial charge is 0.453 e. The minimum absolute atomic E-state index is 0.0647. The first-order chi connectivity index (χ1) is 31.4. The third-order valence-electron chi connectivity index (χ3n) is 14.9. The second-order valence-corrected chi connectivity index (χ2v) is 19.4. The standard InChI is InChI=1S/C51H64N8O6/c1-29(2)43(56-49(62)64-5)47(60)58-25-9-11-40(58)45-52-28-39(55-45)32-15-13-31(14-16-32)35-19-18-34(36-21-24-51(42(35)36)22-7-8-23-51)33-17-20-37-38(27-33)54-46(53-37)41-12-10-26-59(41)48(61)44(30(3)4)57-50(63)65-6/h13-20,27-30,40-41,43-45,52,55H,7-12,21-26H2,1-6H3,(H,53,54)(H,56,62)(H,57,63)/t40-,41-,43-,44-,45?/m0/s1. The number of carbonyl (C=O) groups is 4. The lowest BCUT2D eigenvalue weighted by Crippen LogP contribution is -2.57. The quantitative estimate of drug-likeness (QED) is 0.101. The Morgan fingerprint density at radius 3 is 2.03 bits per heavy atom. The first-order valence-electron chi connectivity index (χ1n) is 23.7. The van der Waals surface area contributed by atoms with Crippen molar-refractivity contribution in [2.45, 2.75) is 128 Å². The molecule has 14 heteroatoms. The molecule has 3 aromatic carbocycles. The van der Waals surface area contributed by atoms with Gasteiger partial charge in [-0.15, -0.1) is 0 Å². The summed E-state index contributed by atoms with van der Waals surface area (Å²) in [5.41, 5.74) is 12.0. The van der Waals surface area contributed by atoms with Crippen LogP contribution in [0.2, 0.25) is 0 Å². The van der Waals surface area contributed by atoms with Gasteiger partial charge in [-0.2, -0.15) is 0 Å². The summed E-state index contributed by atoms with van der Waals surface area (Å²) in [6.45, 7) is 8.97. The van der Waals surface area contributed by atoms with Crippen molar-refractivity contribution in [3.8, 4) is 22.3 Å². The third kappa shape index (κ3) is 8.29. The molecular formula is C51H64N8O6. The van der Waals surface area contributed by atoms with E-state index in [9.17, 15) is 19.2 Å². The lowest BCUT2D eigenvalue weighted by Gasteiger charge is -2.34. The van der Waals surface area contributed by atoms with E-state index in [2.05, 4.69) is 80.8 Å². The zero-order valence-corrected chi connectivity index (χ0v) is 38.6. The van der Waals surface area contributed by atoms with Crippen molar-refractivity contribution < 1.29 is 28.7 Å². The first kappa shape index (κ1) is 44.2. The van der Waals surface area contributed by atoms with Crippen LogP contribution in [0.3, 0.4) is 0 Å². The van der Waals surface area contributed by atoms with E-state index in [1.165, 1.54) is 67.7 Å². The highest BCUT2D eigenvalue weighted by Gasteiger charge is 2.44. The highest BCUT2D eigenvalue weighted by molar-refractivity contribution is 5.89. The number of aromatic amines is 1. The molecule has 4 aromatic rings. The lowest BCUT2D eigenvalue weighted by molar-refractivity contribution is -0.136. The van der Waals surface area contributed by atoms with E-state index in [0.717, 1.165) is 72.2 Å². The maximum Gasteiger partial charge on any atom is 0.407 e. The van der Waals surface area contributed by atoms with E-state index in [1.807, 2.05) is 43.7 Å². The molecule has 5 N–H and O–H groups in total. The predicted octanol–water partition coefficient (Wildman–Crippen LogP) is 7.89. The van der Waals surface area contributed by atoms with Crippen molar-refractivity contribution in [3.05, 3.63) is 83.3 Å². The molecule has 3 fully saturated rings. The average molecular weight is 885 g/mol. The van der Waals surface area contributed by atoms with Crippen molar-refractivity contribution in [1.29, 1.82) is 0 Å². The molecule has 3 aliphatic heterocycles. The number of ether oxygens (including phenoxy) is 2. The Bertz CT molecular complexity index is 2490. The van der Waals surface area contributed by atoms with Crippen LogP contribution in [0.1, 0.15) is 114 Å². The van der Waals surface area contributed by atoms with Gasteiger partial charge in [0.1, 0.15) is 24.1 Å². The molecule has 0 bridgehead atoms. The molecule has 5 atom stereocenters. The molecule has 1 spiro atoms. The molecule has 1 aromatic heterocycles. The summed E-state index contributed by atoms with van der Waals surface area (Å²) in [5, 5.41) is 12.7. The monoisotopic (exact) mass is 884 g/mol. The van der Waals surface area contributed by atoms with Crippen LogP contribution in [0.5, 0.6) is 0 Å². The maximum absolute atomic E-state index is 13.8. The fraction of sp³-hybridized carbons (Fsp3) is 0.510. The van der Waals surface area contributed by atoms with Crippen molar-refractivity contribution in [3.63, 3.8) is 0 Å². The number of H-pyrrole nitrogens is 1. The Morgan fingerprint density at radius 2 is 1.35 bits per heavy atom. The average Bonchev–Trinajstić information content (AvgIpc) is 4.18. The van der Waals surface area contributed by atoms with Crippen LogP contribution in [-0.2, 0) is 30.9 Å². The van der Waals surface area contributed by atoms with Gasteiger partial charge in [0.05, 0.1) is 43.0 Å². The van der Waals surface area contributed by atoms with Gasteiger partial charge in [0.25, 0.3) is 0 Å². The van der Waals surface area contributed by atoms with Crippen molar-refractivity contribution >= 4 is 40.7 Å². The van der Waals surface area contributed by atoms with Gasteiger partial charge in [0.2, 0.25) is 11.8 Å². The van der Waals surface area contributed by atoms with E-state index in [1.54, 1.807) is 0 Å². The van der Waals surface area contributed by atoms with Crippen LogP contribution in [0.15, 0.2) is 60.8 Å². The van der Waals surface area contributed by atoms with Gasteiger partial charge >= 0.3 is 12.2 Å². The Hall–Kier alpha value is -6.05. The zero-order chi connectivity index (χ0) is 45.6. The van der Waals surface area contributed by atoms with Gasteiger partial charge in [-0.05, 0) is 120 Å². The Balaban J connectivity index is 0.946. The number of methoxy groups -OCH3 is 2. The molecule has 0 radical (unpaired) electrons. The number of nitrogens with zero attached hydrogens (tertiary/aromatic N) is 3. The second-order valence-electron chi connectivity index (χ2n) is 19.4. The number of benzene rings is 3. The van der Waals surface area contributed by atoms with E-state index < -0.39 is 24.3 Å². The minimum atomic E-state index is -0.686. The zero-order valence-electron chi connectivity index (χ0n) is 38.6. The van der Waals surface area contributed by atoms with Crippen LogP contribution in [0.25, 0.3) is 39.0 Å². The molecule has 65 heavy (non-hydrogen) atoms. The topological polar surface area (TPSA) is 170 Å². The highest BCUT2D eigenvalue weighted by atomic mass is 16.5. The van der Waals surface area contributed by atoms with E-state index in [0.29, 0.717) is 13.1 Å². The molecular weight excluding hydrogens is 821 g/mol. The van der Waals surface area contributed by atoms with Crippen molar-refractivity contribution in [2.24, 2.45) is 11.8 Å². The fourth-order valence-corrected chi connectivity index (χ4v) is 11.5. The smallest absolute Gasteiger partial charge is 0.407 e. The van der Waals surface area contributed by atoms with Crippen LogP contribution in [0, 0.1) is 11.8 Å². The summed E-state index contributed by atoms with van der Waals surface area (Å²) in [7, 11) is 2.62. The molecule has 1 unspecified atom stereocenters. The Morgan fingerprint density at radius 1 is 0.738 bits per heavy atom. The number of carbonyl (C=O) groups excluding carboxylic acids is 4. The van der Waals surface area contributed by atoms with Gasteiger partial charge in [0, 0.05) is 19.3 Å². The predicted molar refractivity (Wildman–Crippen MR) is 250 cm³/mol. The number of hydrogen-bond acceptors (Lipinski definition) is 9. The lowest BCUT2D eigenvalue weighted by atomic mass is 9.76. The number of imidazole rings is 1. The number of amides is 4. The van der Waals surface area contributed by atoms with E-state index >= 15 is 0 Å². The maximum atomic E-state index is 13.8. The molecule has 2 saturated heterocycles.